The van der Waals surface area contributed by atoms with Gasteiger partial charge in [0, 0.05) is 19.0 Å². The fraction of sp³-hybridized carbons (Fsp3) is 0.929. The van der Waals surface area contributed by atoms with Crippen LogP contribution in [0.25, 0.3) is 0 Å². The number of hydrogen-bond donors (Lipinski definition) is 1. The van der Waals surface area contributed by atoms with Gasteiger partial charge in [-0.2, -0.15) is 0 Å². The van der Waals surface area contributed by atoms with E-state index in [1.807, 2.05) is 0 Å². The van der Waals surface area contributed by atoms with Gasteiger partial charge in [-0.25, -0.2) is 0 Å². The van der Waals surface area contributed by atoms with Crippen LogP contribution in [0.15, 0.2) is 0 Å². The number of carbonyl (C=O) groups excluding carboxylic acids is 1. The van der Waals surface area contributed by atoms with Gasteiger partial charge in [0.2, 0.25) is 5.91 Å². The van der Waals surface area contributed by atoms with E-state index in [1.165, 1.54) is 0 Å². The minimum absolute atomic E-state index is 0. The molecule has 1 aliphatic heterocycles. The third-order valence-corrected chi connectivity index (χ3v) is 3.75. The van der Waals surface area contributed by atoms with Crippen LogP contribution in [0.2, 0.25) is 0 Å². The van der Waals surface area contributed by atoms with Gasteiger partial charge in [0.1, 0.15) is 0 Å². The predicted molar refractivity (Wildman–Crippen MR) is 79.2 cm³/mol. The summed E-state index contributed by atoms with van der Waals surface area (Å²) in [5.74, 6) is 1.35. The largest absolute Gasteiger partial charge is 0.342 e. The van der Waals surface area contributed by atoms with Gasteiger partial charge in [0.15, 0.2) is 0 Å². The molecule has 1 fully saturated rings. The third kappa shape index (κ3) is 5.57. The first kappa shape index (κ1) is 17.7. The van der Waals surface area contributed by atoms with Crippen LogP contribution in [0.1, 0.15) is 46.5 Å². The van der Waals surface area contributed by atoms with Crippen LogP contribution >= 0.6 is 12.4 Å². The zero-order chi connectivity index (χ0) is 12.7. The third-order valence-electron chi connectivity index (χ3n) is 3.75. The van der Waals surface area contributed by atoms with Gasteiger partial charge in [0.05, 0.1) is 0 Å². The molecule has 0 spiro atoms. The molecule has 0 aliphatic carbocycles. The lowest BCUT2D eigenvalue weighted by Gasteiger charge is -2.33. The lowest BCUT2D eigenvalue weighted by atomic mass is 9.95. The summed E-state index contributed by atoms with van der Waals surface area (Å²) < 4.78 is 0. The van der Waals surface area contributed by atoms with Gasteiger partial charge in [0.25, 0.3) is 0 Å². The molecule has 1 N–H and O–H groups in total. The summed E-state index contributed by atoms with van der Waals surface area (Å²) in [6, 6.07) is 0. The summed E-state index contributed by atoms with van der Waals surface area (Å²) in [5, 5.41) is 3.40. The van der Waals surface area contributed by atoms with Crippen molar-refractivity contribution in [2.24, 2.45) is 11.8 Å². The molecule has 0 aromatic carbocycles. The Morgan fingerprint density at radius 1 is 1.33 bits per heavy atom. The predicted octanol–water partition coefficient (Wildman–Crippen LogP) is 2.69. The van der Waals surface area contributed by atoms with Crippen LogP contribution < -0.4 is 5.32 Å². The number of carbonyl (C=O) groups is 1. The molecule has 0 aromatic rings. The van der Waals surface area contributed by atoms with E-state index in [1.54, 1.807) is 0 Å². The minimum atomic E-state index is 0. The maximum atomic E-state index is 12.1. The van der Waals surface area contributed by atoms with Crippen molar-refractivity contribution in [1.82, 2.24) is 10.2 Å². The lowest BCUT2D eigenvalue weighted by molar-refractivity contribution is -0.136. The summed E-state index contributed by atoms with van der Waals surface area (Å²) in [5.41, 5.74) is 0. The number of halogens is 1. The highest BCUT2D eigenvalue weighted by Crippen LogP contribution is 2.19. The van der Waals surface area contributed by atoms with Crippen molar-refractivity contribution in [3.8, 4) is 0 Å². The first-order valence-electron chi connectivity index (χ1n) is 7.18. The Labute approximate surface area is 118 Å². The number of hydrogen-bond acceptors (Lipinski definition) is 2. The monoisotopic (exact) mass is 276 g/mol. The highest BCUT2D eigenvalue weighted by molar-refractivity contribution is 5.85. The summed E-state index contributed by atoms with van der Waals surface area (Å²) in [6.07, 6.45) is 4.45. The van der Waals surface area contributed by atoms with Crippen molar-refractivity contribution in [3.05, 3.63) is 0 Å². The van der Waals surface area contributed by atoms with E-state index < -0.39 is 0 Å². The minimum Gasteiger partial charge on any atom is -0.342 e. The SMILES string of the molecule is CCCC(C)C(=O)N1CCC(CNCC)CC1.Cl. The second-order valence-electron chi connectivity index (χ2n) is 5.27. The Morgan fingerprint density at radius 3 is 2.44 bits per heavy atom. The highest BCUT2D eigenvalue weighted by atomic mass is 35.5. The molecular weight excluding hydrogens is 248 g/mol. The molecule has 4 heteroatoms. The second kappa shape index (κ2) is 9.62. The summed E-state index contributed by atoms with van der Waals surface area (Å²) in [4.78, 5) is 14.2. The molecule has 1 atom stereocenters. The highest BCUT2D eigenvalue weighted by Gasteiger charge is 2.25. The van der Waals surface area contributed by atoms with Crippen molar-refractivity contribution in [3.63, 3.8) is 0 Å². The molecule has 0 bridgehead atoms. The van der Waals surface area contributed by atoms with E-state index >= 15 is 0 Å². The number of nitrogens with one attached hydrogen (secondary N) is 1. The Hall–Kier alpha value is -0.280. The molecule has 1 unspecified atom stereocenters. The van der Waals surface area contributed by atoms with Crippen LogP contribution in [0.4, 0.5) is 0 Å². The normalized spacial score (nSPS) is 18.3. The summed E-state index contributed by atoms with van der Waals surface area (Å²) in [7, 11) is 0. The molecule has 1 saturated heterocycles. The average Bonchev–Trinajstić information content (AvgIpc) is 2.36. The molecule has 1 rings (SSSR count). The van der Waals surface area contributed by atoms with Crippen LogP contribution in [0.3, 0.4) is 0 Å². The van der Waals surface area contributed by atoms with Crippen molar-refractivity contribution in [2.75, 3.05) is 26.2 Å². The molecule has 0 aromatic heterocycles. The van der Waals surface area contributed by atoms with Crippen LogP contribution in [-0.2, 0) is 4.79 Å². The first-order chi connectivity index (χ1) is 8.19. The van der Waals surface area contributed by atoms with E-state index in [9.17, 15) is 4.79 Å². The molecule has 0 saturated carbocycles. The molecule has 1 aliphatic rings. The molecule has 108 valence electrons. The van der Waals surface area contributed by atoms with Gasteiger partial charge in [-0.1, -0.05) is 27.2 Å². The van der Waals surface area contributed by atoms with E-state index in [2.05, 4.69) is 31.0 Å². The van der Waals surface area contributed by atoms with Crippen molar-refractivity contribution in [2.45, 2.75) is 46.5 Å². The van der Waals surface area contributed by atoms with Gasteiger partial charge in [-0.05, 0) is 38.3 Å². The maximum absolute atomic E-state index is 12.1. The quantitative estimate of drug-likeness (QED) is 0.809. The molecule has 1 heterocycles. The standard InChI is InChI=1S/C14H28N2O.ClH/c1-4-6-12(3)14(17)16-9-7-13(8-10-16)11-15-5-2;/h12-13,15H,4-11H2,1-3H3;1H. The van der Waals surface area contributed by atoms with Crippen LogP contribution in [0.5, 0.6) is 0 Å². The van der Waals surface area contributed by atoms with Gasteiger partial charge >= 0.3 is 0 Å². The molecule has 0 radical (unpaired) electrons. The Bertz CT molecular complexity index is 228. The Kier molecular flexibility index (Phi) is 9.47. The van der Waals surface area contributed by atoms with E-state index in [0.29, 0.717) is 5.91 Å². The fourth-order valence-electron chi connectivity index (χ4n) is 2.57. The molecular formula is C14H29ClN2O. The summed E-state index contributed by atoms with van der Waals surface area (Å²) in [6.45, 7) is 10.4. The fourth-order valence-corrected chi connectivity index (χ4v) is 2.57. The van der Waals surface area contributed by atoms with Crippen molar-refractivity contribution in [1.29, 1.82) is 0 Å². The topological polar surface area (TPSA) is 32.3 Å². The van der Waals surface area contributed by atoms with Crippen molar-refractivity contribution >= 4 is 18.3 Å². The first-order valence-corrected chi connectivity index (χ1v) is 7.18. The van der Waals surface area contributed by atoms with Crippen LogP contribution in [0, 0.1) is 11.8 Å². The van der Waals surface area contributed by atoms with Gasteiger partial charge < -0.3 is 10.2 Å². The van der Waals surface area contributed by atoms with Crippen LogP contribution in [-0.4, -0.2) is 37.0 Å². The zero-order valence-corrected chi connectivity index (χ0v) is 12.9. The van der Waals surface area contributed by atoms with Gasteiger partial charge in [-0.3, -0.25) is 4.79 Å². The Balaban J connectivity index is 0.00000289. The molecule has 3 nitrogen and oxygen atoms in total. The molecule has 18 heavy (non-hydrogen) atoms. The van der Waals surface area contributed by atoms with Crippen molar-refractivity contribution < 1.29 is 4.79 Å². The zero-order valence-electron chi connectivity index (χ0n) is 12.1. The van der Waals surface area contributed by atoms with E-state index in [4.69, 9.17) is 0 Å². The van der Waals surface area contributed by atoms with E-state index in [0.717, 1.165) is 57.8 Å². The number of amides is 1. The molecule has 1 amide bonds. The van der Waals surface area contributed by atoms with Gasteiger partial charge in [-0.15, -0.1) is 12.4 Å². The maximum Gasteiger partial charge on any atom is 0.225 e. The number of piperidine rings is 1. The number of rotatable bonds is 6. The smallest absolute Gasteiger partial charge is 0.225 e. The second-order valence-corrected chi connectivity index (χ2v) is 5.27. The average molecular weight is 277 g/mol. The van der Waals surface area contributed by atoms with E-state index in [-0.39, 0.29) is 18.3 Å². The Morgan fingerprint density at radius 2 is 1.94 bits per heavy atom. The lowest BCUT2D eigenvalue weighted by Crippen LogP contribution is -2.42. The number of nitrogens with zero attached hydrogens (tertiary/aromatic N) is 1. The number of likely N-dealkylation sites (tertiary alicyclic amines) is 1. The summed E-state index contributed by atoms with van der Waals surface area (Å²) >= 11 is 0.